The molecule has 0 radical (unpaired) electrons. The van der Waals surface area contributed by atoms with Crippen LogP contribution in [0.1, 0.15) is 56.3 Å². The largest absolute Gasteiger partial charge is 0.322 e. The third-order valence-electron chi connectivity index (χ3n) is 5.24. The van der Waals surface area contributed by atoms with Crippen LogP contribution in [0.5, 0.6) is 0 Å². The molecule has 21 heavy (non-hydrogen) atoms. The van der Waals surface area contributed by atoms with E-state index in [0.717, 1.165) is 17.1 Å². The Kier molecular flexibility index (Phi) is 4.25. The molecule has 2 nitrogen and oxygen atoms in total. The summed E-state index contributed by atoms with van der Waals surface area (Å²) in [5.41, 5.74) is 10.1. The summed E-state index contributed by atoms with van der Waals surface area (Å²) in [7, 11) is 0. The third kappa shape index (κ3) is 2.82. The molecule has 2 heteroatoms. The molecular weight excluding hydrogens is 256 g/mol. The monoisotopic (exact) mass is 282 g/mol. The van der Waals surface area contributed by atoms with Crippen molar-refractivity contribution < 1.29 is 0 Å². The van der Waals surface area contributed by atoms with Crippen LogP contribution < -0.4 is 5.73 Å². The molecule has 0 amide bonds. The molecule has 0 saturated heterocycles. The molecule has 0 bridgehead atoms. The number of para-hydroxylation sites is 1. The summed E-state index contributed by atoms with van der Waals surface area (Å²) >= 11 is 0. The van der Waals surface area contributed by atoms with Crippen LogP contribution in [-0.2, 0) is 0 Å². The first-order valence-electron chi connectivity index (χ1n) is 8.32. The first kappa shape index (κ1) is 14.5. The Morgan fingerprint density at radius 2 is 2.00 bits per heavy atom. The van der Waals surface area contributed by atoms with Crippen molar-refractivity contribution in [3.63, 3.8) is 0 Å². The molecule has 1 heterocycles. The second kappa shape index (κ2) is 6.15. The third-order valence-corrected chi connectivity index (χ3v) is 5.24. The molecule has 0 spiro atoms. The number of hydrogen-bond acceptors (Lipinski definition) is 2. The summed E-state index contributed by atoms with van der Waals surface area (Å²) in [6.45, 7) is 4.47. The standard InChI is InChI=1S/C19H26N2/c1-3-14-8-4-5-10-16(14)19(20)18-12-13(2)15-9-6-7-11-17(15)21-18/h6-7,9,11-12,14,16,19H,3-5,8,10,20H2,1-2H3. The maximum atomic E-state index is 6.63. The van der Waals surface area contributed by atoms with Gasteiger partial charge in [0.2, 0.25) is 0 Å². The smallest absolute Gasteiger partial charge is 0.0708 e. The van der Waals surface area contributed by atoms with E-state index in [0.29, 0.717) is 5.92 Å². The Bertz CT molecular complexity index is 620. The molecule has 1 aromatic carbocycles. The van der Waals surface area contributed by atoms with Crippen molar-refractivity contribution in [2.75, 3.05) is 0 Å². The molecule has 112 valence electrons. The van der Waals surface area contributed by atoms with Gasteiger partial charge in [-0.1, -0.05) is 50.8 Å². The van der Waals surface area contributed by atoms with Gasteiger partial charge in [0.15, 0.2) is 0 Å². The van der Waals surface area contributed by atoms with Crippen molar-refractivity contribution in [1.82, 2.24) is 4.98 Å². The van der Waals surface area contributed by atoms with Crippen LogP contribution in [0.3, 0.4) is 0 Å². The fourth-order valence-corrected chi connectivity index (χ4v) is 3.98. The summed E-state index contributed by atoms with van der Waals surface area (Å²) in [6, 6.07) is 10.6. The van der Waals surface area contributed by atoms with E-state index in [1.165, 1.54) is 43.1 Å². The van der Waals surface area contributed by atoms with Crippen molar-refractivity contribution in [2.45, 2.75) is 52.0 Å². The van der Waals surface area contributed by atoms with Gasteiger partial charge in [0.05, 0.1) is 17.3 Å². The predicted octanol–water partition coefficient (Wildman–Crippen LogP) is 4.76. The fraction of sp³-hybridized carbons (Fsp3) is 0.526. The molecule has 2 N–H and O–H groups in total. The number of fused-ring (bicyclic) bond motifs is 1. The van der Waals surface area contributed by atoms with Gasteiger partial charge in [-0.15, -0.1) is 0 Å². The lowest BCUT2D eigenvalue weighted by molar-refractivity contribution is 0.194. The van der Waals surface area contributed by atoms with Gasteiger partial charge in [0.1, 0.15) is 0 Å². The van der Waals surface area contributed by atoms with E-state index >= 15 is 0 Å². The first-order valence-corrected chi connectivity index (χ1v) is 8.32. The van der Waals surface area contributed by atoms with Crippen molar-refractivity contribution in [1.29, 1.82) is 0 Å². The molecule has 3 unspecified atom stereocenters. The number of pyridine rings is 1. The molecular formula is C19H26N2. The van der Waals surface area contributed by atoms with Crippen LogP contribution in [0.4, 0.5) is 0 Å². The molecule has 1 fully saturated rings. The van der Waals surface area contributed by atoms with Crippen molar-refractivity contribution >= 4 is 10.9 Å². The van der Waals surface area contributed by atoms with Gasteiger partial charge >= 0.3 is 0 Å². The van der Waals surface area contributed by atoms with Crippen LogP contribution in [0.2, 0.25) is 0 Å². The second-order valence-electron chi connectivity index (χ2n) is 6.52. The Balaban J connectivity index is 1.95. The molecule has 1 aromatic heterocycles. The Morgan fingerprint density at radius 1 is 1.24 bits per heavy atom. The predicted molar refractivity (Wildman–Crippen MR) is 89.1 cm³/mol. The number of nitrogens with two attached hydrogens (primary N) is 1. The van der Waals surface area contributed by atoms with E-state index in [1.54, 1.807) is 0 Å². The van der Waals surface area contributed by atoms with Gasteiger partial charge in [-0.25, -0.2) is 0 Å². The fourth-order valence-electron chi connectivity index (χ4n) is 3.98. The number of aromatic nitrogens is 1. The lowest BCUT2D eigenvalue weighted by Gasteiger charge is -2.35. The zero-order valence-electron chi connectivity index (χ0n) is 13.2. The Labute approximate surface area is 127 Å². The lowest BCUT2D eigenvalue weighted by atomic mass is 9.73. The van der Waals surface area contributed by atoms with Crippen LogP contribution >= 0.6 is 0 Å². The summed E-state index contributed by atoms with van der Waals surface area (Å²) < 4.78 is 0. The average Bonchev–Trinajstić information content (AvgIpc) is 2.54. The Morgan fingerprint density at radius 3 is 2.81 bits per heavy atom. The molecule has 0 aliphatic heterocycles. The molecule has 2 aromatic rings. The van der Waals surface area contributed by atoms with Gasteiger partial charge in [-0.2, -0.15) is 0 Å². The number of rotatable bonds is 3. The topological polar surface area (TPSA) is 38.9 Å². The van der Waals surface area contributed by atoms with E-state index in [1.807, 2.05) is 0 Å². The van der Waals surface area contributed by atoms with Crippen LogP contribution in [0.15, 0.2) is 30.3 Å². The maximum Gasteiger partial charge on any atom is 0.0708 e. The minimum Gasteiger partial charge on any atom is -0.322 e. The normalized spacial score (nSPS) is 24.1. The molecule has 1 aliphatic carbocycles. The van der Waals surface area contributed by atoms with Gasteiger partial charge in [-0.05, 0) is 42.9 Å². The zero-order chi connectivity index (χ0) is 14.8. The quantitative estimate of drug-likeness (QED) is 0.881. The van der Waals surface area contributed by atoms with E-state index < -0.39 is 0 Å². The highest BCUT2D eigenvalue weighted by Gasteiger charge is 2.30. The van der Waals surface area contributed by atoms with Crippen LogP contribution in [0, 0.1) is 18.8 Å². The highest BCUT2D eigenvalue weighted by Crippen LogP contribution is 2.39. The first-order chi connectivity index (χ1) is 10.2. The average molecular weight is 282 g/mol. The van der Waals surface area contributed by atoms with E-state index in [9.17, 15) is 0 Å². The van der Waals surface area contributed by atoms with Gasteiger partial charge in [0.25, 0.3) is 0 Å². The van der Waals surface area contributed by atoms with Gasteiger partial charge < -0.3 is 5.73 Å². The molecule has 1 saturated carbocycles. The van der Waals surface area contributed by atoms with E-state index in [-0.39, 0.29) is 6.04 Å². The number of aryl methyl sites for hydroxylation is 1. The van der Waals surface area contributed by atoms with Crippen molar-refractivity contribution in [3.8, 4) is 0 Å². The summed E-state index contributed by atoms with van der Waals surface area (Å²) in [5.74, 6) is 1.36. The van der Waals surface area contributed by atoms with Crippen LogP contribution in [-0.4, -0.2) is 4.98 Å². The highest BCUT2D eigenvalue weighted by atomic mass is 14.8. The molecule has 3 atom stereocenters. The Hall–Kier alpha value is -1.41. The summed E-state index contributed by atoms with van der Waals surface area (Å²) in [6.07, 6.45) is 6.52. The molecule has 1 aliphatic rings. The summed E-state index contributed by atoms with van der Waals surface area (Å²) in [5, 5.41) is 1.24. The zero-order valence-corrected chi connectivity index (χ0v) is 13.2. The lowest BCUT2D eigenvalue weighted by Crippen LogP contribution is -2.31. The van der Waals surface area contributed by atoms with Crippen LogP contribution in [0.25, 0.3) is 10.9 Å². The maximum absolute atomic E-state index is 6.63. The number of nitrogens with zero attached hydrogens (tertiary/aromatic N) is 1. The number of benzene rings is 1. The molecule has 3 rings (SSSR count). The van der Waals surface area contributed by atoms with Crippen molar-refractivity contribution in [3.05, 3.63) is 41.6 Å². The van der Waals surface area contributed by atoms with Gasteiger partial charge in [0, 0.05) is 5.39 Å². The minimum absolute atomic E-state index is 0.0820. The number of hydrogen-bond donors (Lipinski definition) is 1. The van der Waals surface area contributed by atoms with E-state index in [2.05, 4.69) is 44.2 Å². The minimum atomic E-state index is 0.0820. The highest BCUT2D eigenvalue weighted by molar-refractivity contribution is 5.82. The summed E-state index contributed by atoms with van der Waals surface area (Å²) in [4.78, 5) is 4.85. The van der Waals surface area contributed by atoms with E-state index in [4.69, 9.17) is 10.7 Å². The SMILES string of the molecule is CCC1CCCCC1C(N)c1cc(C)c2ccccc2n1. The second-order valence-corrected chi connectivity index (χ2v) is 6.52. The van der Waals surface area contributed by atoms with Crippen molar-refractivity contribution in [2.24, 2.45) is 17.6 Å². The van der Waals surface area contributed by atoms with Gasteiger partial charge in [-0.3, -0.25) is 4.98 Å².